The molecule has 3 rings (SSSR count). The number of para-hydroxylation sites is 1. The van der Waals surface area contributed by atoms with Crippen molar-refractivity contribution in [3.8, 4) is 5.75 Å². The van der Waals surface area contributed by atoms with Gasteiger partial charge >= 0.3 is 0 Å². The van der Waals surface area contributed by atoms with Gasteiger partial charge in [-0.25, -0.2) is 4.98 Å². The lowest BCUT2D eigenvalue weighted by Gasteiger charge is -2.10. The van der Waals surface area contributed by atoms with Crippen molar-refractivity contribution in [3.63, 3.8) is 0 Å². The van der Waals surface area contributed by atoms with Gasteiger partial charge in [-0.1, -0.05) is 18.2 Å². The number of hydrogen-bond donors (Lipinski definition) is 1. The van der Waals surface area contributed by atoms with Crippen LogP contribution in [-0.2, 0) is 17.9 Å². The van der Waals surface area contributed by atoms with Crippen LogP contribution in [0.5, 0.6) is 5.75 Å². The summed E-state index contributed by atoms with van der Waals surface area (Å²) in [7, 11) is 1.59. The molecule has 0 saturated carbocycles. The van der Waals surface area contributed by atoms with E-state index in [0.29, 0.717) is 22.5 Å². The van der Waals surface area contributed by atoms with Crippen LogP contribution in [0.2, 0.25) is 0 Å². The average Bonchev–Trinajstić information content (AvgIpc) is 2.91. The highest BCUT2D eigenvalue weighted by molar-refractivity contribution is 7.18. The fraction of sp³-hybridized carbons (Fsp3) is 0.278. The molecule has 1 N–H and O–H groups in total. The van der Waals surface area contributed by atoms with Gasteiger partial charge in [-0.3, -0.25) is 14.2 Å². The number of hydrogen-bond acceptors (Lipinski definition) is 5. The molecule has 2 aromatic heterocycles. The van der Waals surface area contributed by atoms with E-state index in [2.05, 4.69) is 10.3 Å². The molecule has 1 aromatic carbocycles. The third-order valence-electron chi connectivity index (χ3n) is 4.14. The Morgan fingerprint density at radius 2 is 2.08 bits per heavy atom. The number of methoxy groups -OCH3 is 1. The van der Waals surface area contributed by atoms with Crippen molar-refractivity contribution in [1.29, 1.82) is 0 Å². The summed E-state index contributed by atoms with van der Waals surface area (Å²) in [6.07, 6.45) is 1.43. The number of carbonyl (C=O) groups excluding carboxylic acids is 1. The molecule has 0 atom stereocenters. The minimum atomic E-state index is -0.251. The van der Waals surface area contributed by atoms with Gasteiger partial charge in [0.2, 0.25) is 5.91 Å². The molecule has 6 nitrogen and oxygen atoms in total. The maximum absolute atomic E-state index is 12.6. The Kier molecular flexibility index (Phi) is 4.85. The van der Waals surface area contributed by atoms with E-state index < -0.39 is 0 Å². The first-order chi connectivity index (χ1) is 12.0. The summed E-state index contributed by atoms with van der Waals surface area (Å²) >= 11 is 1.49. The summed E-state index contributed by atoms with van der Waals surface area (Å²) in [4.78, 5) is 30.9. The standard InChI is InChI=1S/C18H19N3O3S/c1-11-12(2)25-17-16(11)18(23)21(10-20-17)9-15(22)19-8-13-6-4-5-7-14(13)24-3/h4-7,10H,8-9H2,1-3H3,(H,19,22). The van der Waals surface area contributed by atoms with Gasteiger partial charge in [0.05, 0.1) is 18.8 Å². The Balaban J connectivity index is 1.75. The summed E-state index contributed by atoms with van der Waals surface area (Å²) < 4.78 is 6.61. The van der Waals surface area contributed by atoms with Crippen LogP contribution in [0.15, 0.2) is 35.4 Å². The minimum Gasteiger partial charge on any atom is -0.496 e. The number of aromatic nitrogens is 2. The lowest BCUT2D eigenvalue weighted by atomic mass is 10.2. The van der Waals surface area contributed by atoms with Gasteiger partial charge in [0.1, 0.15) is 17.1 Å². The Labute approximate surface area is 149 Å². The first kappa shape index (κ1) is 17.2. The predicted molar refractivity (Wildman–Crippen MR) is 98.2 cm³/mol. The molecule has 25 heavy (non-hydrogen) atoms. The summed E-state index contributed by atoms with van der Waals surface area (Å²) in [6.45, 7) is 4.14. The minimum absolute atomic E-state index is 0.0642. The van der Waals surface area contributed by atoms with Crippen LogP contribution in [0, 0.1) is 13.8 Å². The van der Waals surface area contributed by atoms with E-state index in [1.807, 2.05) is 38.1 Å². The molecule has 130 valence electrons. The van der Waals surface area contributed by atoms with E-state index in [1.165, 1.54) is 22.2 Å². The largest absolute Gasteiger partial charge is 0.496 e. The van der Waals surface area contributed by atoms with E-state index in [4.69, 9.17) is 4.74 Å². The maximum atomic E-state index is 12.6. The number of carbonyl (C=O) groups is 1. The number of aryl methyl sites for hydroxylation is 2. The van der Waals surface area contributed by atoms with Gasteiger partial charge < -0.3 is 10.1 Å². The van der Waals surface area contributed by atoms with Crippen molar-refractivity contribution >= 4 is 27.5 Å². The number of fused-ring (bicyclic) bond motifs is 1. The van der Waals surface area contributed by atoms with Crippen LogP contribution >= 0.6 is 11.3 Å². The molecule has 2 heterocycles. The normalized spacial score (nSPS) is 10.8. The van der Waals surface area contributed by atoms with E-state index in [-0.39, 0.29) is 18.0 Å². The monoisotopic (exact) mass is 357 g/mol. The van der Waals surface area contributed by atoms with Crippen LogP contribution in [0.25, 0.3) is 10.2 Å². The zero-order valence-electron chi connectivity index (χ0n) is 14.3. The van der Waals surface area contributed by atoms with Crippen molar-refractivity contribution < 1.29 is 9.53 Å². The molecule has 0 fully saturated rings. The van der Waals surface area contributed by atoms with Crippen LogP contribution in [-0.4, -0.2) is 22.6 Å². The fourth-order valence-electron chi connectivity index (χ4n) is 2.64. The fourth-order valence-corrected chi connectivity index (χ4v) is 3.62. The van der Waals surface area contributed by atoms with Gasteiger partial charge in [-0.15, -0.1) is 11.3 Å². The van der Waals surface area contributed by atoms with Gasteiger partial charge in [-0.05, 0) is 25.5 Å². The van der Waals surface area contributed by atoms with E-state index in [1.54, 1.807) is 7.11 Å². The molecule has 0 spiro atoms. The number of nitrogens with one attached hydrogen (secondary N) is 1. The number of rotatable bonds is 5. The molecule has 7 heteroatoms. The molecular formula is C18H19N3O3S. The van der Waals surface area contributed by atoms with Crippen molar-refractivity contribution in [3.05, 3.63) is 57.0 Å². The lowest BCUT2D eigenvalue weighted by molar-refractivity contribution is -0.121. The van der Waals surface area contributed by atoms with Crippen molar-refractivity contribution in [2.75, 3.05) is 7.11 Å². The van der Waals surface area contributed by atoms with Gasteiger partial charge in [-0.2, -0.15) is 0 Å². The molecule has 0 saturated heterocycles. The number of nitrogens with zero attached hydrogens (tertiary/aromatic N) is 2. The Morgan fingerprint density at radius 3 is 2.84 bits per heavy atom. The van der Waals surface area contributed by atoms with Gasteiger partial charge in [0.25, 0.3) is 5.56 Å². The average molecular weight is 357 g/mol. The van der Waals surface area contributed by atoms with Crippen LogP contribution < -0.4 is 15.6 Å². The molecule has 0 aliphatic rings. The Morgan fingerprint density at radius 1 is 1.32 bits per heavy atom. The number of benzene rings is 1. The second-order valence-electron chi connectivity index (χ2n) is 5.73. The zero-order valence-corrected chi connectivity index (χ0v) is 15.1. The SMILES string of the molecule is COc1ccccc1CNC(=O)Cn1cnc2sc(C)c(C)c2c1=O. The van der Waals surface area contributed by atoms with E-state index >= 15 is 0 Å². The molecule has 1 amide bonds. The van der Waals surface area contributed by atoms with E-state index in [9.17, 15) is 9.59 Å². The topological polar surface area (TPSA) is 73.2 Å². The van der Waals surface area contributed by atoms with Crippen molar-refractivity contribution in [2.45, 2.75) is 26.9 Å². The van der Waals surface area contributed by atoms with E-state index in [0.717, 1.165) is 16.0 Å². The Hall–Kier alpha value is -2.67. The van der Waals surface area contributed by atoms with Crippen LogP contribution in [0.1, 0.15) is 16.0 Å². The summed E-state index contributed by atoms with van der Waals surface area (Å²) in [5.74, 6) is 0.464. The van der Waals surface area contributed by atoms with Crippen molar-refractivity contribution in [2.24, 2.45) is 0 Å². The summed E-state index contributed by atoms with van der Waals surface area (Å²) in [5.41, 5.74) is 1.63. The maximum Gasteiger partial charge on any atom is 0.262 e. The van der Waals surface area contributed by atoms with Crippen LogP contribution in [0.3, 0.4) is 0 Å². The van der Waals surface area contributed by atoms with Crippen LogP contribution in [0.4, 0.5) is 0 Å². The molecule has 0 aliphatic carbocycles. The first-order valence-corrected chi connectivity index (χ1v) is 8.66. The number of ether oxygens (including phenoxy) is 1. The quantitative estimate of drug-likeness (QED) is 0.761. The molecule has 3 aromatic rings. The van der Waals surface area contributed by atoms with Gasteiger partial charge in [0, 0.05) is 17.0 Å². The second kappa shape index (κ2) is 7.06. The summed E-state index contributed by atoms with van der Waals surface area (Å²) in [5, 5.41) is 3.41. The molecule has 0 radical (unpaired) electrons. The zero-order chi connectivity index (χ0) is 18.0. The molecule has 0 aliphatic heterocycles. The molecule has 0 unspecified atom stereocenters. The molecular weight excluding hydrogens is 338 g/mol. The van der Waals surface area contributed by atoms with Gasteiger partial charge in [0.15, 0.2) is 0 Å². The first-order valence-electron chi connectivity index (χ1n) is 7.85. The summed E-state index contributed by atoms with van der Waals surface area (Å²) in [6, 6.07) is 7.48. The highest BCUT2D eigenvalue weighted by Crippen LogP contribution is 2.25. The highest BCUT2D eigenvalue weighted by atomic mass is 32.1. The number of thiophene rings is 1. The third kappa shape index (κ3) is 3.41. The van der Waals surface area contributed by atoms with Crippen molar-refractivity contribution in [1.82, 2.24) is 14.9 Å². The Bertz CT molecular complexity index is 991. The second-order valence-corrected chi connectivity index (χ2v) is 6.93. The highest BCUT2D eigenvalue weighted by Gasteiger charge is 2.14. The third-order valence-corrected chi connectivity index (χ3v) is 5.25. The molecule has 0 bridgehead atoms. The smallest absolute Gasteiger partial charge is 0.262 e. The predicted octanol–water partition coefficient (Wildman–Crippen LogP) is 2.40. The number of amides is 1. The lowest BCUT2D eigenvalue weighted by Crippen LogP contribution is -2.32.